The Kier molecular flexibility index (Phi) is 4.22. The van der Waals surface area contributed by atoms with Gasteiger partial charge in [0.15, 0.2) is 5.17 Å². The van der Waals surface area contributed by atoms with E-state index in [-0.39, 0.29) is 18.5 Å². The first-order valence-corrected chi connectivity index (χ1v) is 5.40. The van der Waals surface area contributed by atoms with Gasteiger partial charge in [-0.25, -0.2) is 4.99 Å². The van der Waals surface area contributed by atoms with E-state index >= 15 is 0 Å². The minimum atomic E-state index is 0. The van der Waals surface area contributed by atoms with E-state index in [2.05, 4.69) is 16.8 Å². The third-order valence-electron chi connectivity index (χ3n) is 2.08. The molecule has 0 aromatic rings. The van der Waals surface area contributed by atoms with Crippen LogP contribution in [0.5, 0.6) is 0 Å². The molecule has 0 spiro atoms. The van der Waals surface area contributed by atoms with Gasteiger partial charge in [0.05, 0.1) is 18.5 Å². The summed E-state index contributed by atoms with van der Waals surface area (Å²) in [4.78, 5) is 6.39. The summed E-state index contributed by atoms with van der Waals surface area (Å²) in [6.45, 7) is 4.65. The third-order valence-corrected chi connectivity index (χ3v) is 3.11. The lowest BCUT2D eigenvalue weighted by atomic mass is 10.3. The van der Waals surface area contributed by atoms with Crippen molar-refractivity contribution in [1.82, 2.24) is 4.90 Å². The lowest BCUT2D eigenvalue weighted by Crippen LogP contribution is -2.43. The first-order chi connectivity index (χ1) is 6.25. The van der Waals surface area contributed by atoms with E-state index in [1.165, 1.54) is 0 Å². The Morgan fingerprint density at radius 1 is 1.64 bits per heavy atom. The number of hydrogen-bond acceptors (Lipinski definition) is 4. The van der Waals surface area contributed by atoms with E-state index in [4.69, 9.17) is 10.1 Å². The fourth-order valence-electron chi connectivity index (χ4n) is 1.47. The number of aliphatic imine (C=N–C) groups is 1. The van der Waals surface area contributed by atoms with Crippen LogP contribution >= 0.6 is 24.2 Å². The van der Waals surface area contributed by atoms with Gasteiger partial charge in [0.2, 0.25) is 0 Å². The maximum Gasteiger partial charge on any atom is 0.166 e. The summed E-state index contributed by atoms with van der Waals surface area (Å²) in [6, 6.07) is 0. The van der Waals surface area contributed by atoms with E-state index < -0.39 is 0 Å². The van der Waals surface area contributed by atoms with Crippen LogP contribution in [0.25, 0.3) is 0 Å². The minimum absolute atomic E-state index is 0. The van der Waals surface area contributed by atoms with E-state index in [1.54, 1.807) is 11.8 Å². The van der Waals surface area contributed by atoms with Gasteiger partial charge in [0.25, 0.3) is 0 Å². The first-order valence-electron chi connectivity index (χ1n) is 4.41. The molecule has 4 nitrogen and oxygen atoms in total. The number of thioether (sulfide) groups is 1. The van der Waals surface area contributed by atoms with Crippen molar-refractivity contribution < 1.29 is 4.74 Å². The lowest BCUT2D eigenvalue weighted by Gasteiger charge is -2.31. The first kappa shape index (κ1) is 11.8. The van der Waals surface area contributed by atoms with Gasteiger partial charge in [-0.15, -0.1) is 12.4 Å². The fourth-order valence-corrected chi connectivity index (χ4v) is 2.32. The molecule has 1 unspecified atom stereocenters. The van der Waals surface area contributed by atoms with Crippen molar-refractivity contribution in [3.63, 3.8) is 0 Å². The van der Waals surface area contributed by atoms with E-state index in [1.807, 2.05) is 0 Å². The van der Waals surface area contributed by atoms with Crippen LogP contribution in [0.4, 0.5) is 0 Å². The number of hydrogen-bond donors (Lipinski definition) is 1. The molecule has 0 aromatic carbocycles. The van der Waals surface area contributed by atoms with Crippen LogP contribution < -0.4 is 0 Å². The number of nitrogens with one attached hydrogen (secondary N) is 1. The van der Waals surface area contributed by atoms with Crippen molar-refractivity contribution in [1.29, 1.82) is 5.41 Å². The van der Waals surface area contributed by atoms with Crippen molar-refractivity contribution in [3.05, 3.63) is 0 Å². The van der Waals surface area contributed by atoms with Gasteiger partial charge in [-0.05, 0) is 6.92 Å². The average Bonchev–Trinajstić information content (AvgIpc) is 2.52. The van der Waals surface area contributed by atoms with Gasteiger partial charge >= 0.3 is 0 Å². The Morgan fingerprint density at radius 2 is 2.43 bits per heavy atom. The van der Waals surface area contributed by atoms with Crippen LogP contribution in [0, 0.1) is 5.41 Å². The predicted molar refractivity (Wildman–Crippen MR) is 61.9 cm³/mol. The van der Waals surface area contributed by atoms with Crippen LogP contribution in [0.2, 0.25) is 0 Å². The van der Waals surface area contributed by atoms with Crippen LogP contribution in [0.15, 0.2) is 4.99 Å². The molecule has 2 heterocycles. The normalized spacial score (nSPS) is 27.2. The molecule has 2 aliphatic rings. The molecule has 0 radical (unpaired) electrons. The maximum absolute atomic E-state index is 7.38. The number of amidine groups is 2. The van der Waals surface area contributed by atoms with Crippen LogP contribution in [-0.4, -0.2) is 47.5 Å². The number of halogens is 1. The highest BCUT2D eigenvalue weighted by Crippen LogP contribution is 2.18. The number of morpholine rings is 1. The highest BCUT2D eigenvalue weighted by atomic mass is 35.5. The second-order valence-electron chi connectivity index (χ2n) is 3.26. The summed E-state index contributed by atoms with van der Waals surface area (Å²) in [6.07, 6.45) is 0.284. The van der Waals surface area contributed by atoms with Crippen molar-refractivity contribution in [2.75, 3.05) is 25.4 Å². The number of nitrogens with zero attached hydrogens (tertiary/aromatic N) is 2. The molecule has 1 atom stereocenters. The quantitative estimate of drug-likeness (QED) is 0.687. The zero-order chi connectivity index (χ0) is 9.26. The van der Waals surface area contributed by atoms with Gasteiger partial charge in [0, 0.05) is 13.1 Å². The third kappa shape index (κ3) is 2.62. The zero-order valence-electron chi connectivity index (χ0n) is 8.02. The van der Waals surface area contributed by atoms with Crippen LogP contribution in [0.1, 0.15) is 6.92 Å². The summed E-state index contributed by atoms with van der Waals surface area (Å²) in [5.41, 5.74) is 0. The highest BCUT2D eigenvalue weighted by molar-refractivity contribution is 8.14. The number of ether oxygens (including phenoxy) is 1. The standard InChI is InChI=1S/C8H13N3OS.ClH/c1-6-4-11(2-3-12-6)8-10-7(9)5-13-8;/h6,9H,2-5H2,1H3;1H. The van der Waals surface area contributed by atoms with Crippen molar-refractivity contribution in [2.24, 2.45) is 4.99 Å². The fraction of sp³-hybridized carbons (Fsp3) is 0.750. The Balaban J connectivity index is 0.000000980. The molecule has 1 saturated heterocycles. The predicted octanol–water partition coefficient (Wildman–Crippen LogP) is 1.21. The Labute approximate surface area is 94.0 Å². The SMILES string of the molecule is CC1CN(C2=NC(=N)CS2)CCO1.Cl. The summed E-state index contributed by atoms with van der Waals surface area (Å²) in [5.74, 6) is 1.21. The molecule has 0 aromatic heterocycles. The molecule has 14 heavy (non-hydrogen) atoms. The Morgan fingerprint density at radius 3 is 3.00 bits per heavy atom. The lowest BCUT2D eigenvalue weighted by molar-refractivity contribution is 0.00688. The van der Waals surface area contributed by atoms with Crippen molar-refractivity contribution >= 4 is 35.2 Å². The van der Waals surface area contributed by atoms with Gasteiger partial charge in [-0.2, -0.15) is 0 Å². The molecular weight excluding hydrogens is 222 g/mol. The van der Waals surface area contributed by atoms with Crippen LogP contribution in [0.3, 0.4) is 0 Å². The Bertz CT molecular complexity index is 259. The molecule has 1 N–H and O–H groups in total. The molecule has 0 amide bonds. The zero-order valence-corrected chi connectivity index (χ0v) is 9.66. The van der Waals surface area contributed by atoms with Gasteiger partial charge in [-0.1, -0.05) is 11.8 Å². The molecule has 2 rings (SSSR count). The summed E-state index contributed by atoms with van der Waals surface area (Å²) in [5, 5.41) is 8.38. The van der Waals surface area contributed by atoms with E-state index in [0.29, 0.717) is 5.84 Å². The minimum Gasteiger partial charge on any atom is -0.375 e. The largest absolute Gasteiger partial charge is 0.375 e. The van der Waals surface area contributed by atoms with Crippen LogP contribution in [-0.2, 0) is 4.74 Å². The van der Waals surface area contributed by atoms with Crippen molar-refractivity contribution in [3.8, 4) is 0 Å². The summed E-state index contributed by atoms with van der Waals surface area (Å²) < 4.78 is 5.43. The molecule has 0 saturated carbocycles. The molecule has 1 fully saturated rings. The topological polar surface area (TPSA) is 48.7 Å². The van der Waals surface area contributed by atoms with E-state index in [0.717, 1.165) is 30.6 Å². The second kappa shape index (κ2) is 5.00. The molecule has 0 aliphatic carbocycles. The highest BCUT2D eigenvalue weighted by Gasteiger charge is 2.23. The summed E-state index contributed by atoms with van der Waals surface area (Å²) >= 11 is 1.65. The van der Waals surface area contributed by atoms with Crippen molar-refractivity contribution in [2.45, 2.75) is 13.0 Å². The van der Waals surface area contributed by atoms with Gasteiger partial charge in [0.1, 0.15) is 5.84 Å². The van der Waals surface area contributed by atoms with Gasteiger partial charge < -0.3 is 9.64 Å². The second-order valence-corrected chi connectivity index (χ2v) is 4.20. The maximum atomic E-state index is 7.38. The molecule has 0 bridgehead atoms. The molecule has 6 heteroatoms. The number of rotatable bonds is 0. The van der Waals surface area contributed by atoms with Gasteiger partial charge in [-0.3, -0.25) is 5.41 Å². The monoisotopic (exact) mass is 235 g/mol. The Hall–Kier alpha value is -0.260. The molecule has 2 aliphatic heterocycles. The smallest absolute Gasteiger partial charge is 0.166 e. The molecule has 80 valence electrons. The average molecular weight is 236 g/mol. The van der Waals surface area contributed by atoms with E-state index in [9.17, 15) is 0 Å². The summed E-state index contributed by atoms with van der Waals surface area (Å²) in [7, 11) is 0. The molecular formula is C8H14ClN3OS.